The van der Waals surface area contributed by atoms with Gasteiger partial charge < -0.3 is 19.5 Å². The lowest BCUT2D eigenvalue weighted by molar-refractivity contribution is -0.114. The van der Waals surface area contributed by atoms with Crippen molar-refractivity contribution >= 4 is 17.5 Å². The van der Waals surface area contributed by atoms with Crippen LogP contribution in [0.2, 0.25) is 0 Å². The van der Waals surface area contributed by atoms with Crippen LogP contribution in [0.25, 0.3) is 11.4 Å². The summed E-state index contributed by atoms with van der Waals surface area (Å²) in [5.74, 6) is 1.16. The van der Waals surface area contributed by atoms with Gasteiger partial charge in [0.15, 0.2) is 0 Å². The molecule has 30 heavy (non-hydrogen) atoms. The molecule has 154 valence electrons. The molecule has 0 saturated carbocycles. The van der Waals surface area contributed by atoms with Crippen molar-refractivity contribution in [2.75, 3.05) is 19.0 Å². The first kappa shape index (κ1) is 19.6. The summed E-state index contributed by atoms with van der Waals surface area (Å²) in [5.41, 5.74) is 1.81. The van der Waals surface area contributed by atoms with Crippen molar-refractivity contribution in [3.63, 3.8) is 0 Å². The van der Waals surface area contributed by atoms with Crippen molar-refractivity contribution in [3.05, 3.63) is 60.0 Å². The molecule has 2 aromatic carbocycles. The summed E-state index contributed by atoms with van der Waals surface area (Å²) in [6.45, 7) is 2.03. The maximum atomic E-state index is 13.1. The van der Waals surface area contributed by atoms with E-state index < -0.39 is 0 Å². The summed E-state index contributed by atoms with van der Waals surface area (Å²) < 4.78 is 10.9. The van der Waals surface area contributed by atoms with Crippen molar-refractivity contribution in [2.24, 2.45) is 0 Å². The van der Waals surface area contributed by atoms with E-state index in [0.717, 1.165) is 18.4 Å². The van der Waals surface area contributed by atoms with Gasteiger partial charge in [-0.05, 0) is 43.2 Å². The molecule has 0 unspecified atom stereocenters. The van der Waals surface area contributed by atoms with Crippen LogP contribution in [0.15, 0.2) is 53.1 Å². The fourth-order valence-electron chi connectivity index (χ4n) is 3.67. The lowest BCUT2D eigenvalue weighted by Crippen LogP contribution is -2.30. The highest BCUT2D eigenvalue weighted by Crippen LogP contribution is 2.35. The number of nitrogens with one attached hydrogen (secondary N) is 1. The number of anilines is 1. The lowest BCUT2D eigenvalue weighted by Gasteiger charge is -2.22. The smallest absolute Gasteiger partial charge is 0.254 e. The number of benzene rings is 2. The summed E-state index contributed by atoms with van der Waals surface area (Å²) in [5, 5.41) is 6.80. The van der Waals surface area contributed by atoms with Gasteiger partial charge in [0.1, 0.15) is 11.8 Å². The summed E-state index contributed by atoms with van der Waals surface area (Å²) in [6.07, 6.45) is 1.58. The highest BCUT2D eigenvalue weighted by Gasteiger charge is 2.35. The molecule has 1 aliphatic rings. The molecular weight excluding hydrogens is 384 g/mol. The molecule has 1 fully saturated rings. The molecule has 8 heteroatoms. The number of likely N-dealkylation sites (tertiary alicyclic amines) is 1. The van der Waals surface area contributed by atoms with E-state index in [9.17, 15) is 9.59 Å². The predicted octanol–water partition coefficient (Wildman–Crippen LogP) is 3.68. The number of hydrogen-bond donors (Lipinski definition) is 1. The quantitative estimate of drug-likeness (QED) is 0.694. The van der Waals surface area contributed by atoms with Gasteiger partial charge in [-0.2, -0.15) is 4.98 Å². The highest BCUT2D eigenvalue weighted by molar-refractivity contribution is 5.97. The van der Waals surface area contributed by atoms with E-state index in [4.69, 9.17) is 9.26 Å². The fourth-order valence-corrected chi connectivity index (χ4v) is 3.67. The number of methoxy groups -OCH3 is 1. The zero-order valence-electron chi connectivity index (χ0n) is 16.8. The molecule has 0 aliphatic carbocycles. The SMILES string of the molecule is COc1ccccc1-c1noc([C@@H]2CCCN2C(=O)c2cccc(NC(C)=O)c2)n1. The zero-order valence-corrected chi connectivity index (χ0v) is 16.8. The molecule has 0 radical (unpaired) electrons. The summed E-state index contributed by atoms with van der Waals surface area (Å²) in [6, 6.07) is 14.0. The predicted molar refractivity (Wildman–Crippen MR) is 110 cm³/mol. The van der Waals surface area contributed by atoms with Gasteiger partial charge in [-0.3, -0.25) is 9.59 Å². The Morgan fingerprint density at radius 1 is 1.20 bits per heavy atom. The van der Waals surface area contributed by atoms with E-state index in [1.165, 1.54) is 6.92 Å². The Bertz CT molecular complexity index is 1080. The van der Waals surface area contributed by atoms with Gasteiger partial charge in [0.05, 0.1) is 12.7 Å². The Hall–Kier alpha value is -3.68. The third-order valence-corrected chi connectivity index (χ3v) is 5.02. The topological polar surface area (TPSA) is 97.6 Å². The van der Waals surface area contributed by atoms with Crippen LogP contribution in [0, 0.1) is 0 Å². The second-order valence-corrected chi connectivity index (χ2v) is 7.08. The van der Waals surface area contributed by atoms with E-state index in [1.54, 1.807) is 36.3 Å². The maximum absolute atomic E-state index is 13.1. The number of para-hydroxylation sites is 1. The van der Waals surface area contributed by atoms with Crippen molar-refractivity contribution in [3.8, 4) is 17.1 Å². The van der Waals surface area contributed by atoms with E-state index in [1.807, 2.05) is 24.3 Å². The van der Waals surface area contributed by atoms with E-state index >= 15 is 0 Å². The lowest BCUT2D eigenvalue weighted by atomic mass is 10.1. The minimum absolute atomic E-state index is 0.137. The maximum Gasteiger partial charge on any atom is 0.254 e. The number of hydrogen-bond acceptors (Lipinski definition) is 6. The van der Waals surface area contributed by atoms with Crippen molar-refractivity contribution in [2.45, 2.75) is 25.8 Å². The normalized spacial score (nSPS) is 15.8. The van der Waals surface area contributed by atoms with Gasteiger partial charge >= 0.3 is 0 Å². The molecule has 0 bridgehead atoms. The largest absolute Gasteiger partial charge is 0.496 e. The molecule has 8 nitrogen and oxygen atoms in total. The second kappa shape index (κ2) is 8.36. The molecule has 1 aromatic heterocycles. The van der Waals surface area contributed by atoms with Gasteiger partial charge in [0.2, 0.25) is 17.6 Å². The van der Waals surface area contributed by atoms with Crippen LogP contribution in [0.4, 0.5) is 5.69 Å². The third kappa shape index (κ3) is 3.89. The van der Waals surface area contributed by atoms with Crippen LogP contribution in [-0.2, 0) is 4.79 Å². The van der Waals surface area contributed by atoms with Gasteiger partial charge in [-0.25, -0.2) is 0 Å². The first-order valence-electron chi connectivity index (χ1n) is 9.72. The van der Waals surface area contributed by atoms with Gasteiger partial charge in [0, 0.05) is 24.7 Å². The number of nitrogens with zero attached hydrogens (tertiary/aromatic N) is 3. The van der Waals surface area contributed by atoms with Crippen LogP contribution in [0.3, 0.4) is 0 Å². The Morgan fingerprint density at radius 2 is 2.03 bits per heavy atom. The van der Waals surface area contributed by atoms with Gasteiger partial charge in [-0.15, -0.1) is 0 Å². The number of rotatable bonds is 5. The van der Waals surface area contributed by atoms with Gasteiger partial charge in [-0.1, -0.05) is 23.4 Å². The Kier molecular flexibility index (Phi) is 5.47. The molecule has 0 spiro atoms. The molecule has 2 heterocycles. The molecule has 4 rings (SSSR count). The number of ether oxygens (including phenoxy) is 1. The number of amides is 2. The van der Waals surface area contributed by atoms with Crippen LogP contribution in [0.5, 0.6) is 5.75 Å². The average molecular weight is 406 g/mol. The van der Waals surface area contributed by atoms with E-state index in [-0.39, 0.29) is 17.9 Å². The molecule has 1 atom stereocenters. The molecule has 2 amide bonds. The Morgan fingerprint density at radius 3 is 2.83 bits per heavy atom. The Balaban J connectivity index is 1.58. The molecule has 3 aromatic rings. The van der Waals surface area contributed by atoms with Crippen LogP contribution in [-0.4, -0.2) is 40.5 Å². The van der Waals surface area contributed by atoms with Crippen molar-refractivity contribution < 1.29 is 18.8 Å². The number of aromatic nitrogens is 2. The minimum atomic E-state index is -0.294. The molecular formula is C22H22N4O4. The zero-order chi connectivity index (χ0) is 21.1. The summed E-state index contributed by atoms with van der Waals surface area (Å²) in [4.78, 5) is 30.7. The van der Waals surface area contributed by atoms with E-state index in [2.05, 4.69) is 15.5 Å². The van der Waals surface area contributed by atoms with Crippen molar-refractivity contribution in [1.82, 2.24) is 15.0 Å². The highest BCUT2D eigenvalue weighted by atomic mass is 16.5. The first-order valence-corrected chi connectivity index (χ1v) is 9.72. The fraction of sp³-hybridized carbons (Fsp3) is 0.273. The van der Waals surface area contributed by atoms with Crippen LogP contribution in [0.1, 0.15) is 42.1 Å². The van der Waals surface area contributed by atoms with E-state index in [0.29, 0.717) is 35.3 Å². The second-order valence-electron chi connectivity index (χ2n) is 7.08. The molecule has 1 aliphatic heterocycles. The first-order chi connectivity index (χ1) is 14.6. The van der Waals surface area contributed by atoms with Crippen LogP contribution >= 0.6 is 0 Å². The Labute approximate surface area is 173 Å². The summed E-state index contributed by atoms with van der Waals surface area (Å²) in [7, 11) is 1.59. The number of carbonyl (C=O) groups is 2. The number of carbonyl (C=O) groups excluding carboxylic acids is 2. The van der Waals surface area contributed by atoms with Crippen LogP contribution < -0.4 is 10.1 Å². The van der Waals surface area contributed by atoms with Crippen molar-refractivity contribution in [1.29, 1.82) is 0 Å². The summed E-state index contributed by atoms with van der Waals surface area (Å²) >= 11 is 0. The monoisotopic (exact) mass is 406 g/mol. The molecule has 1 saturated heterocycles. The third-order valence-electron chi connectivity index (χ3n) is 5.02. The average Bonchev–Trinajstić information content (AvgIpc) is 3.42. The standard InChI is InChI=1S/C22H22N4O4/c1-14(27)23-16-8-5-7-15(13-16)22(28)26-12-6-10-18(26)21-24-20(25-30-21)17-9-3-4-11-19(17)29-2/h3-5,7-9,11,13,18H,6,10,12H2,1-2H3,(H,23,27)/t18-/m0/s1. The molecule has 1 N–H and O–H groups in total. The minimum Gasteiger partial charge on any atom is -0.496 e. The van der Waals surface area contributed by atoms with Gasteiger partial charge in [0.25, 0.3) is 5.91 Å².